The molecule has 1 amide bonds. The number of carbonyl (C=O) groups is 2. The number of aromatic nitrogens is 5. The predicted molar refractivity (Wildman–Crippen MR) is 168 cm³/mol. The van der Waals surface area contributed by atoms with Crippen LogP contribution in [-0.4, -0.2) is 47.4 Å². The summed E-state index contributed by atoms with van der Waals surface area (Å²) in [6.07, 6.45) is 4.14. The minimum absolute atomic E-state index is 0.117. The molecular weight excluding hydrogens is 558 g/mol. The Morgan fingerprint density at radius 2 is 1.77 bits per heavy atom. The summed E-state index contributed by atoms with van der Waals surface area (Å²) in [5, 5.41) is 22.3. The molecule has 6 rings (SSSR count). The van der Waals surface area contributed by atoms with Crippen molar-refractivity contribution in [1.82, 2.24) is 24.7 Å². The molecule has 0 aliphatic rings. The second-order valence-corrected chi connectivity index (χ2v) is 11.3. The number of nitrogens with one attached hydrogen (secondary N) is 2. The summed E-state index contributed by atoms with van der Waals surface area (Å²) in [5.74, 6) is 0.713. The van der Waals surface area contributed by atoms with E-state index in [0.29, 0.717) is 56.1 Å². The molecule has 0 atom stereocenters. The summed E-state index contributed by atoms with van der Waals surface area (Å²) in [6, 6.07) is 19.5. The summed E-state index contributed by atoms with van der Waals surface area (Å²) in [4.78, 5) is 39.0. The Morgan fingerprint density at radius 3 is 2.55 bits per heavy atom. The van der Waals surface area contributed by atoms with Crippen molar-refractivity contribution in [2.45, 2.75) is 33.3 Å². The van der Waals surface area contributed by atoms with Crippen LogP contribution in [0.25, 0.3) is 33.2 Å². The third kappa shape index (κ3) is 5.88. The molecule has 0 unspecified atom stereocenters. The number of fused-ring (bicyclic) bond motifs is 2. The predicted octanol–water partition coefficient (Wildman–Crippen LogP) is 6.83. The van der Waals surface area contributed by atoms with Crippen molar-refractivity contribution in [2.24, 2.45) is 0 Å². The number of pyridine rings is 1. The maximum absolute atomic E-state index is 12.7. The molecule has 3 aromatic carbocycles. The smallest absolute Gasteiger partial charge is 0.435 e. The van der Waals surface area contributed by atoms with E-state index in [9.17, 15) is 14.7 Å². The fraction of sp³-hybridized carbons (Fsp3) is 0.152. The van der Waals surface area contributed by atoms with Crippen molar-refractivity contribution >= 4 is 51.0 Å². The molecule has 0 fully saturated rings. The highest BCUT2D eigenvalue weighted by Gasteiger charge is 2.20. The number of ether oxygens (including phenoxy) is 1. The van der Waals surface area contributed by atoms with E-state index in [2.05, 4.69) is 20.7 Å². The van der Waals surface area contributed by atoms with Crippen molar-refractivity contribution in [3.8, 4) is 17.1 Å². The van der Waals surface area contributed by atoms with Crippen LogP contribution in [0, 0.1) is 6.92 Å². The Morgan fingerprint density at radius 1 is 0.932 bits per heavy atom. The van der Waals surface area contributed by atoms with Crippen LogP contribution < -0.4 is 10.6 Å². The van der Waals surface area contributed by atoms with Crippen LogP contribution in [0.2, 0.25) is 0 Å². The first-order chi connectivity index (χ1) is 21.0. The maximum atomic E-state index is 12.7. The second-order valence-electron chi connectivity index (χ2n) is 11.3. The second kappa shape index (κ2) is 11.1. The van der Waals surface area contributed by atoms with Gasteiger partial charge in [0.15, 0.2) is 5.82 Å². The van der Waals surface area contributed by atoms with Gasteiger partial charge in [-0.1, -0.05) is 12.1 Å². The van der Waals surface area contributed by atoms with Crippen LogP contribution in [-0.2, 0) is 4.74 Å². The zero-order valence-electron chi connectivity index (χ0n) is 24.5. The molecule has 0 saturated carbocycles. The van der Waals surface area contributed by atoms with Gasteiger partial charge in [-0.2, -0.15) is 9.78 Å². The number of anilines is 3. The summed E-state index contributed by atoms with van der Waals surface area (Å²) < 4.78 is 6.70. The minimum Gasteiger partial charge on any atom is -0.508 e. The Kier molecular flexibility index (Phi) is 7.14. The lowest BCUT2D eigenvalue weighted by atomic mass is 10.1. The van der Waals surface area contributed by atoms with Crippen LogP contribution in [0.5, 0.6) is 5.75 Å². The molecule has 11 heteroatoms. The summed E-state index contributed by atoms with van der Waals surface area (Å²) in [6.45, 7) is 7.20. The van der Waals surface area contributed by atoms with Gasteiger partial charge in [0.1, 0.15) is 17.2 Å². The molecule has 44 heavy (non-hydrogen) atoms. The topological polar surface area (TPSA) is 144 Å². The van der Waals surface area contributed by atoms with E-state index in [4.69, 9.17) is 14.7 Å². The first-order valence-electron chi connectivity index (χ1n) is 13.9. The Bertz CT molecular complexity index is 2050. The molecule has 0 spiro atoms. The zero-order chi connectivity index (χ0) is 31.0. The molecule has 3 aromatic heterocycles. The van der Waals surface area contributed by atoms with Crippen LogP contribution in [0.15, 0.2) is 85.3 Å². The summed E-state index contributed by atoms with van der Waals surface area (Å²) >= 11 is 0. The fourth-order valence-corrected chi connectivity index (χ4v) is 4.63. The molecule has 0 saturated heterocycles. The number of phenols is 1. The quantitative estimate of drug-likeness (QED) is 0.197. The average molecular weight is 588 g/mol. The van der Waals surface area contributed by atoms with Gasteiger partial charge < -0.3 is 20.5 Å². The molecule has 220 valence electrons. The third-order valence-corrected chi connectivity index (χ3v) is 6.71. The highest BCUT2D eigenvalue weighted by Crippen LogP contribution is 2.33. The Labute approximate surface area is 252 Å². The molecule has 0 radical (unpaired) electrons. The van der Waals surface area contributed by atoms with E-state index in [1.165, 1.54) is 10.9 Å². The van der Waals surface area contributed by atoms with Crippen LogP contribution >= 0.6 is 0 Å². The molecule has 0 bridgehead atoms. The van der Waals surface area contributed by atoms with Gasteiger partial charge in [0, 0.05) is 40.1 Å². The van der Waals surface area contributed by atoms with E-state index in [-0.39, 0.29) is 11.7 Å². The van der Waals surface area contributed by atoms with Gasteiger partial charge in [-0.25, -0.2) is 14.8 Å². The van der Waals surface area contributed by atoms with Gasteiger partial charge in [-0.3, -0.25) is 9.78 Å². The van der Waals surface area contributed by atoms with Gasteiger partial charge in [0.2, 0.25) is 0 Å². The monoisotopic (exact) mass is 587 g/mol. The van der Waals surface area contributed by atoms with E-state index < -0.39 is 11.7 Å². The summed E-state index contributed by atoms with van der Waals surface area (Å²) in [5.41, 5.74) is 3.61. The minimum atomic E-state index is -0.656. The number of carbonyl (C=O) groups excluding carboxylic acids is 2. The number of benzene rings is 3. The number of hydrogen-bond acceptors (Lipinski definition) is 9. The van der Waals surface area contributed by atoms with Crippen LogP contribution in [0.3, 0.4) is 0 Å². The van der Waals surface area contributed by atoms with E-state index in [0.717, 1.165) is 5.39 Å². The van der Waals surface area contributed by atoms with Gasteiger partial charge in [0.25, 0.3) is 5.91 Å². The fourth-order valence-electron chi connectivity index (χ4n) is 4.63. The molecule has 0 aliphatic heterocycles. The first kappa shape index (κ1) is 28.3. The lowest BCUT2D eigenvalue weighted by Crippen LogP contribution is -2.27. The standard InChI is InChI=1S/C33H29N7O4/c1-19-13-26-25(16-28(19)41)30(36-24-10-11-27-22(15-24)18-35-40(27)32(43)44-33(2,3)4)39-29(38-26)20-7-5-9-23(14-20)37-31(42)21-8-6-12-34-17-21/h5-18,41H,1-4H3,(H,37,42)(H,36,38,39). The summed E-state index contributed by atoms with van der Waals surface area (Å²) in [7, 11) is 0. The molecule has 3 N–H and O–H groups in total. The molecule has 0 aliphatic carbocycles. The molecular formula is C33H29N7O4. The number of aromatic hydroxyl groups is 1. The van der Waals surface area contributed by atoms with Gasteiger partial charge in [-0.05, 0) is 87.9 Å². The molecule has 11 nitrogen and oxygen atoms in total. The number of aryl methyl sites for hydroxylation is 1. The van der Waals surface area contributed by atoms with E-state index >= 15 is 0 Å². The van der Waals surface area contributed by atoms with Crippen molar-refractivity contribution in [3.05, 3.63) is 96.4 Å². The van der Waals surface area contributed by atoms with Crippen molar-refractivity contribution in [1.29, 1.82) is 0 Å². The highest BCUT2D eigenvalue weighted by atomic mass is 16.6. The van der Waals surface area contributed by atoms with E-state index in [1.807, 2.05) is 18.2 Å². The normalized spacial score (nSPS) is 11.5. The van der Waals surface area contributed by atoms with Gasteiger partial charge >= 0.3 is 6.09 Å². The van der Waals surface area contributed by atoms with Gasteiger partial charge in [0.05, 0.1) is 22.8 Å². The molecule has 3 heterocycles. The number of phenolic OH excluding ortho intramolecular Hbond substituents is 1. The lowest BCUT2D eigenvalue weighted by Gasteiger charge is -2.19. The first-order valence-corrected chi connectivity index (χ1v) is 13.9. The van der Waals surface area contributed by atoms with Crippen molar-refractivity contribution in [2.75, 3.05) is 10.6 Å². The van der Waals surface area contributed by atoms with Crippen LogP contribution in [0.1, 0.15) is 36.7 Å². The molecule has 6 aromatic rings. The third-order valence-electron chi connectivity index (χ3n) is 6.71. The maximum Gasteiger partial charge on any atom is 0.435 e. The largest absolute Gasteiger partial charge is 0.508 e. The van der Waals surface area contributed by atoms with Crippen molar-refractivity contribution in [3.63, 3.8) is 0 Å². The van der Waals surface area contributed by atoms with Crippen molar-refractivity contribution < 1.29 is 19.4 Å². The number of rotatable bonds is 5. The van der Waals surface area contributed by atoms with Crippen LogP contribution in [0.4, 0.5) is 22.0 Å². The zero-order valence-corrected chi connectivity index (χ0v) is 24.5. The number of amides is 1. The SMILES string of the molecule is Cc1cc2nc(-c3cccc(NC(=O)c4cccnc4)c3)nc(Nc3ccc4c(cnn4C(=O)OC(C)(C)C)c3)c2cc1O. The highest BCUT2D eigenvalue weighted by molar-refractivity contribution is 6.04. The average Bonchev–Trinajstić information content (AvgIpc) is 3.41. The number of nitrogens with zero attached hydrogens (tertiary/aromatic N) is 5. The number of hydrogen-bond donors (Lipinski definition) is 3. The van der Waals surface area contributed by atoms with Gasteiger partial charge in [-0.15, -0.1) is 0 Å². The lowest BCUT2D eigenvalue weighted by molar-refractivity contribution is 0.0522. The Hall–Kier alpha value is -5.84. The van der Waals surface area contributed by atoms with E-state index in [1.54, 1.807) is 88.6 Å². The Balaban J connectivity index is 1.35.